The molecule has 0 aliphatic heterocycles. The van der Waals surface area contributed by atoms with Gasteiger partial charge in [0, 0.05) is 12.1 Å². The summed E-state index contributed by atoms with van der Waals surface area (Å²) in [6.07, 6.45) is 3.27. The van der Waals surface area contributed by atoms with Gasteiger partial charge in [-0.2, -0.15) is 0 Å². The molecular weight excluding hydrogens is 258 g/mol. The van der Waals surface area contributed by atoms with Crippen LogP contribution in [-0.2, 0) is 11.2 Å². The Morgan fingerprint density at radius 1 is 1.37 bits per heavy atom. The van der Waals surface area contributed by atoms with E-state index in [1.165, 1.54) is 5.56 Å². The van der Waals surface area contributed by atoms with E-state index in [-0.39, 0.29) is 5.60 Å². The van der Waals surface area contributed by atoms with Crippen molar-refractivity contribution in [2.24, 2.45) is 5.92 Å². The van der Waals surface area contributed by atoms with Crippen molar-refractivity contribution in [3.8, 4) is 0 Å². The van der Waals surface area contributed by atoms with Crippen LogP contribution in [0, 0.1) is 5.92 Å². The number of hydrogen-bond donors (Lipinski definition) is 1. The average Bonchev–Trinajstić information content (AvgIpc) is 2.36. The number of halogens is 1. The lowest BCUT2D eigenvalue weighted by atomic mass is 9.90. The fourth-order valence-electron chi connectivity index (χ4n) is 2.22. The maximum Gasteiger partial charge on any atom is 0.0622 e. The third-order valence-corrected chi connectivity index (χ3v) is 3.85. The lowest BCUT2D eigenvalue weighted by Crippen LogP contribution is -2.27. The topological polar surface area (TPSA) is 21.3 Å². The number of hydrogen-bond acceptors (Lipinski definition) is 2. The van der Waals surface area contributed by atoms with Crippen LogP contribution in [0.2, 0.25) is 5.02 Å². The van der Waals surface area contributed by atoms with Gasteiger partial charge in [-0.25, -0.2) is 0 Å². The van der Waals surface area contributed by atoms with Crippen LogP contribution in [0.4, 0.5) is 0 Å². The zero-order valence-corrected chi connectivity index (χ0v) is 13.3. The van der Waals surface area contributed by atoms with E-state index in [0.717, 1.165) is 30.8 Å². The molecule has 0 aliphatic carbocycles. The molecule has 1 unspecified atom stereocenters. The van der Waals surface area contributed by atoms with Crippen molar-refractivity contribution in [3.63, 3.8) is 0 Å². The lowest BCUT2D eigenvalue weighted by Gasteiger charge is -2.26. The Morgan fingerprint density at radius 2 is 2.11 bits per heavy atom. The Labute approximate surface area is 122 Å². The van der Waals surface area contributed by atoms with Crippen LogP contribution in [0.5, 0.6) is 0 Å². The Bertz CT molecular complexity index is 379. The Balaban J connectivity index is 2.57. The predicted molar refractivity (Wildman–Crippen MR) is 82.9 cm³/mol. The molecule has 1 atom stereocenters. The van der Waals surface area contributed by atoms with E-state index >= 15 is 0 Å². The maximum atomic E-state index is 6.04. The first-order chi connectivity index (χ1) is 8.96. The minimum absolute atomic E-state index is 0.0413. The highest BCUT2D eigenvalue weighted by atomic mass is 35.5. The molecule has 0 saturated heterocycles. The third-order valence-electron chi connectivity index (χ3n) is 3.61. The molecule has 1 aromatic carbocycles. The minimum atomic E-state index is -0.0413. The first kappa shape index (κ1) is 16.5. The molecule has 0 heterocycles. The van der Waals surface area contributed by atoms with Crippen molar-refractivity contribution >= 4 is 11.6 Å². The highest BCUT2D eigenvalue weighted by molar-refractivity contribution is 6.30. The van der Waals surface area contributed by atoms with Gasteiger partial charge in [-0.1, -0.05) is 23.7 Å². The third kappa shape index (κ3) is 6.42. The standard InChI is InChI=1S/C16H26ClNO/c1-16(2,19-4)9-8-14(12-18-3)10-13-6-5-7-15(17)11-13/h5-7,11,14,18H,8-10,12H2,1-4H3. The zero-order chi connectivity index (χ0) is 14.3. The van der Waals surface area contributed by atoms with Crippen LogP contribution in [0.25, 0.3) is 0 Å². The molecule has 1 aromatic rings. The molecule has 0 spiro atoms. The summed E-state index contributed by atoms with van der Waals surface area (Å²) < 4.78 is 5.49. The number of methoxy groups -OCH3 is 1. The second-order valence-electron chi connectivity index (χ2n) is 5.76. The van der Waals surface area contributed by atoms with Gasteiger partial charge in [0.05, 0.1) is 5.60 Å². The van der Waals surface area contributed by atoms with Crippen LogP contribution >= 0.6 is 11.6 Å². The van der Waals surface area contributed by atoms with Gasteiger partial charge >= 0.3 is 0 Å². The molecular formula is C16H26ClNO. The van der Waals surface area contributed by atoms with Gasteiger partial charge in [0.1, 0.15) is 0 Å². The van der Waals surface area contributed by atoms with Crippen molar-refractivity contribution < 1.29 is 4.74 Å². The second-order valence-corrected chi connectivity index (χ2v) is 6.20. The van der Waals surface area contributed by atoms with E-state index < -0.39 is 0 Å². The summed E-state index contributed by atoms with van der Waals surface area (Å²) in [5.41, 5.74) is 1.27. The van der Waals surface area contributed by atoms with E-state index in [0.29, 0.717) is 5.92 Å². The molecule has 0 amide bonds. The molecule has 1 rings (SSSR count). The Hall–Kier alpha value is -0.570. The zero-order valence-electron chi connectivity index (χ0n) is 12.5. The van der Waals surface area contributed by atoms with Crippen molar-refractivity contribution in [3.05, 3.63) is 34.9 Å². The molecule has 3 heteroatoms. The Kier molecular flexibility index (Phi) is 6.84. The van der Waals surface area contributed by atoms with Gasteiger partial charge < -0.3 is 10.1 Å². The smallest absolute Gasteiger partial charge is 0.0622 e. The predicted octanol–water partition coefficient (Wildman–Crippen LogP) is 3.92. The summed E-state index contributed by atoms with van der Waals surface area (Å²) >= 11 is 6.04. The minimum Gasteiger partial charge on any atom is -0.379 e. The van der Waals surface area contributed by atoms with Crippen LogP contribution in [0.3, 0.4) is 0 Å². The van der Waals surface area contributed by atoms with E-state index in [1.54, 1.807) is 7.11 Å². The fourth-order valence-corrected chi connectivity index (χ4v) is 2.43. The highest BCUT2D eigenvalue weighted by Gasteiger charge is 2.19. The van der Waals surface area contributed by atoms with Crippen molar-refractivity contribution in [2.45, 2.75) is 38.7 Å². The fraction of sp³-hybridized carbons (Fsp3) is 0.625. The molecule has 0 radical (unpaired) electrons. The van der Waals surface area contributed by atoms with Crippen LogP contribution in [0.1, 0.15) is 32.3 Å². The molecule has 1 N–H and O–H groups in total. The summed E-state index contributed by atoms with van der Waals surface area (Å²) in [5, 5.41) is 4.10. The van der Waals surface area contributed by atoms with Crippen LogP contribution in [0.15, 0.2) is 24.3 Å². The largest absolute Gasteiger partial charge is 0.379 e. The van der Waals surface area contributed by atoms with Gasteiger partial charge in [-0.05, 0) is 70.3 Å². The van der Waals surface area contributed by atoms with Gasteiger partial charge in [-0.3, -0.25) is 0 Å². The van der Waals surface area contributed by atoms with Gasteiger partial charge in [0.25, 0.3) is 0 Å². The molecule has 2 nitrogen and oxygen atoms in total. The van der Waals surface area contributed by atoms with Crippen molar-refractivity contribution in [1.82, 2.24) is 5.32 Å². The van der Waals surface area contributed by atoms with E-state index in [1.807, 2.05) is 19.2 Å². The summed E-state index contributed by atoms with van der Waals surface area (Å²) in [5.74, 6) is 0.609. The summed E-state index contributed by atoms with van der Waals surface area (Å²) in [6.45, 7) is 5.30. The molecule has 108 valence electrons. The van der Waals surface area contributed by atoms with Crippen molar-refractivity contribution in [2.75, 3.05) is 20.7 Å². The van der Waals surface area contributed by atoms with Gasteiger partial charge in [-0.15, -0.1) is 0 Å². The van der Waals surface area contributed by atoms with Crippen LogP contribution < -0.4 is 5.32 Å². The molecule has 0 saturated carbocycles. The highest BCUT2D eigenvalue weighted by Crippen LogP contribution is 2.22. The molecule has 0 aliphatic rings. The number of ether oxygens (including phenoxy) is 1. The molecule has 19 heavy (non-hydrogen) atoms. The Morgan fingerprint density at radius 3 is 2.68 bits per heavy atom. The SMILES string of the molecule is CNCC(CCC(C)(C)OC)Cc1cccc(Cl)c1. The molecule has 0 fully saturated rings. The van der Waals surface area contributed by atoms with E-state index in [4.69, 9.17) is 16.3 Å². The van der Waals surface area contributed by atoms with Crippen molar-refractivity contribution in [1.29, 1.82) is 0 Å². The first-order valence-electron chi connectivity index (χ1n) is 6.91. The number of benzene rings is 1. The van der Waals surface area contributed by atoms with Crippen LogP contribution in [-0.4, -0.2) is 26.3 Å². The lowest BCUT2D eigenvalue weighted by molar-refractivity contribution is 0.0104. The monoisotopic (exact) mass is 283 g/mol. The quantitative estimate of drug-likeness (QED) is 0.781. The van der Waals surface area contributed by atoms with E-state index in [9.17, 15) is 0 Å². The number of nitrogens with one attached hydrogen (secondary N) is 1. The van der Waals surface area contributed by atoms with Gasteiger partial charge in [0.2, 0.25) is 0 Å². The van der Waals surface area contributed by atoms with Gasteiger partial charge in [0.15, 0.2) is 0 Å². The normalized spacial score (nSPS) is 13.5. The van der Waals surface area contributed by atoms with E-state index in [2.05, 4.69) is 31.3 Å². The second kappa shape index (κ2) is 7.88. The summed E-state index contributed by atoms with van der Waals surface area (Å²) in [6, 6.07) is 8.15. The first-order valence-corrected chi connectivity index (χ1v) is 7.29. The average molecular weight is 284 g/mol. The molecule has 0 bridgehead atoms. The maximum absolute atomic E-state index is 6.04. The number of rotatable bonds is 8. The summed E-state index contributed by atoms with van der Waals surface area (Å²) in [4.78, 5) is 0. The summed E-state index contributed by atoms with van der Waals surface area (Å²) in [7, 11) is 3.79. The molecule has 0 aromatic heterocycles.